The Hall–Kier alpha value is -1.91. The molecule has 2 saturated carbocycles. The number of nitrogens with zero attached hydrogens (tertiary/aromatic N) is 1. The average Bonchev–Trinajstić information content (AvgIpc) is 3.28. The predicted octanol–water partition coefficient (Wildman–Crippen LogP) is 2.93. The van der Waals surface area contributed by atoms with Gasteiger partial charge in [-0.2, -0.15) is 0 Å². The van der Waals surface area contributed by atoms with Crippen molar-refractivity contribution in [2.75, 3.05) is 20.3 Å². The van der Waals surface area contributed by atoms with E-state index < -0.39 is 0 Å². The van der Waals surface area contributed by atoms with E-state index in [-0.39, 0.29) is 6.03 Å². The highest BCUT2D eigenvalue weighted by Gasteiger charge is 2.52. The second-order valence-corrected chi connectivity index (χ2v) is 7.00. The fourth-order valence-electron chi connectivity index (χ4n) is 4.01. The lowest BCUT2D eigenvalue weighted by Gasteiger charge is -2.26. The van der Waals surface area contributed by atoms with Crippen molar-refractivity contribution >= 4 is 6.03 Å². The first-order chi connectivity index (χ1) is 11.2. The van der Waals surface area contributed by atoms with Crippen molar-refractivity contribution in [3.63, 3.8) is 0 Å². The summed E-state index contributed by atoms with van der Waals surface area (Å²) < 4.78 is 11.0. The highest BCUT2D eigenvalue weighted by Crippen LogP contribution is 2.57. The molecule has 1 unspecified atom stereocenters. The Kier molecular flexibility index (Phi) is 3.58. The van der Waals surface area contributed by atoms with Crippen molar-refractivity contribution in [1.29, 1.82) is 0 Å². The summed E-state index contributed by atoms with van der Waals surface area (Å²) in [6.07, 6.45) is 6.22. The minimum Gasteiger partial charge on any atom is -0.497 e. The van der Waals surface area contributed by atoms with Gasteiger partial charge in [0.2, 0.25) is 0 Å². The van der Waals surface area contributed by atoms with Gasteiger partial charge in [0, 0.05) is 17.7 Å². The molecule has 1 heterocycles. The number of rotatable bonds is 2. The van der Waals surface area contributed by atoms with Crippen LogP contribution in [0.15, 0.2) is 18.2 Å². The van der Waals surface area contributed by atoms with E-state index in [0.29, 0.717) is 31.2 Å². The van der Waals surface area contributed by atoms with Crippen LogP contribution in [0.2, 0.25) is 0 Å². The van der Waals surface area contributed by atoms with Crippen molar-refractivity contribution in [2.45, 2.75) is 44.7 Å². The number of hydrogen-bond acceptors (Lipinski definition) is 3. The van der Waals surface area contributed by atoms with Gasteiger partial charge in [-0.05, 0) is 43.2 Å². The summed E-state index contributed by atoms with van der Waals surface area (Å²) in [5.41, 5.74) is 1.47. The van der Waals surface area contributed by atoms with Gasteiger partial charge in [-0.15, -0.1) is 0 Å². The Morgan fingerprint density at radius 1 is 1.39 bits per heavy atom. The van der Waals surface area contributed by atoms with Gasteiger partial charge in [0.05, 0.1) is 20.2 Å². The van der Waals surface area contributed by atoms with Crippen LogP contribution in [0, 0.1) is 5.41 Å². The first-order valence-corrected chi connectivity index (χ1v) is 8.55. The minimum absolute atomic E-state index is 0.0513. The van der Waals surface area contributed by atoms with E-state index in [1.54, 1.807) is 7.11 Å². The molecule has 23 heavy (non-hydrogen) atoms. The van der Waals surface area contributed by atoms with E-state index >= 15 is 0 Å². The van der Waals surface area contributed by atoms with Gasteiger partial charge in [-0.1, -0.05) is 6.42 Å². The Labute approximate surface area is 136 Å². The van der Waals surface area contributed by atoms with Crippen LogP contribution < -0.4 is 14.8 Å². The van der Waals surface area contributed by atoms with Crippen molar-refractivity contribution in [2.24, 2.45) is 5.41 Å². The first-order valence-electron chi connectivity index (χ1n) is 8.55. The van der Waals surface area contributed by atoms with Crippen molar-refractivity contribution in [1.82, 2.24) is 10.2 Å². The van der Waals surface area contributed by atoms with E-state index in [4.69, 9.17) is 9.47 Å². The van der Waals surface area contributed by atoms with Crippen LogP contribution in [0.1, 0.15) is 37.7 Å². The maximum absolute atomic E-state index is 12.7. The second-order valence-electron chi connectivity index (χ2n) is 7.00. The molecule has 1 aliphatic heterocycles. The van der Waals surface area contributed by atoms with E-state index in [9.17, 15) is 4.79 Å². The zero-order valence-electron chi connectivity index (χ0n) is 13.6. The molecule has 1 aromatic carbocycles. The Bertz CT molecular complexity index is 612. The average molecular weight is 316 g/mol. The predicted molar refractivity (Wildman–Crippen MR) is 86.7 cm³/mol. The molecule has 124 valence electrons. The summed E-state index contributed by atoms with van der Waals surface area (Å²) in [5, 5.41) is 3.29. The lowest BCUT2D eigenvalue weighted by molar-refractivity contribution is 0.180. The fourth-order valence-corrected chi connectivity index (χ4v) is 4.01. The lowest BCUT2D eigenvalue weighted by Crippen LogP contribution is -2.47. The van der Waals surface area contributed by atoms with E-state index in [2.05, 4.69) is 5.32 Å². The number of carbonyl (C=O) groups is 1. The molecule has 1 aromatic rings. The molecule has 5 nitrogen and oxygen atoms in total. The van der Waals surface area contributed by atoms with Crippen molar-refractivity contribution in [3.05, 3.63) is 23.8 Å². The van der Waals surface area contributed by atoms with E-state index in [1.807, 2.05) is 23.1 Å². The Morgan fingerprint density at radius 3 is 3.04 bits per heavy atom. The van der Waals surface area contributed by atoms with Gasteiger partial charge in [0.1, 0.15) is 18.1 Å². The lowest BCUT2D eigenvalue weighted by atomic mass is 10.0. The number of nitrogens with one attached hydrogen (secondary N) is 1. The van der Waals surface area contributed by atoms with Crippen LogP contribution in [0.3, 0.4) is 0 Å². The number of benzene rings is 1. The third kappa shape index (κ3) is 2.73. The van der Waals surface area contributed by atoms with Gasteiger partial charge in [-0.25, -0.2) is 4.79 Å². The van der Waals surface area contributed by atoms with Crippen LogP contribution in [0.4, 0.5) is 4.79 Å². The largest absolute Gasteiger partial charge is 0.497 e. The van der Waals surface area contributed by atoms with Crippen molar-refractivity contribution < 1.29 is 14.3 Å². The normalized spacial score (nSPS) is 24.6. The third-order valence-electron chi connectivity index (χ3n) is 5.64. The van der Waals surface area contributed by atoms with Gasteiger partial charge in [0.15, 0.2) is 0 Å². The molecule has 0 aromatic heterocycles. The fraction of sp³-hybridized carbons (Fsp3) is 0.611. The van der Waals surface area contributed by atoms with Crippen LogP contribution >= 0.6 is 0 Å². The Balaban J connectivity index is 1.45. The summed E-state index contributed by atoms with van der Waals surface area (Å²) in [6, 6.07) is 6.22. The second kappa shape index (κ2) is 5.62. The van der Waals surface area contributed by atoms with Gasteiger partial charge < -0.3 is 19.7 Å². The van der Waals surface area contributed by atoms with Crippen molar-refractivity contribution in [3.8, 4) is 11.5 Å². The number of ether oxygens (including phenoxy) is 2. The highest BCUT2D eigenvalue weighted by molar-refractivity contribution is 5.75. The molecule has 4 rings (SSSR count). The molecule has 1 spiro atoms. The zero-order valence-corrected chi connectivity index (χ0v) is 13.6. The number of carbonyl (C=O) groups excluding carboxylic acids is 1. The van der Waals surface area contributed by atoms with Gasteiger partial charge in [-0.3, -0.25) is 0 Å². The maximum Gasteiger partial charge on any atom is 0.318 e. The standard InChI is InChI=1S/C18H24N2O3/c1-22-14-5-4-13-12-20(9-10-23-15(13)11-14)17(21)19-16-3-2-6-18(16)7-8-18/h4-5,11,16H,2-3,6-10,12H2,1H3,(H,19,21). The molecule has 3 aliphatic rings. The highest BCUT2D eigenvalue weighted by atomic mass is 16.5. The monoisotopic (exact) mass is 316 g/mol. The summed E-state index contributed by atoms with van der Waals surface area (Å²) >= 11 is 0. The van der Waals surface area contributed by atoms with Crippen LogP contribution in [-0.2, 0) is 6.54 Å². The first kappa shape index (κ1) is 14.7. The number of amides is 2. The number of urea groups is 1. The topological polar surface area (TPSA) is 50.8 Å². The summed E-state index contributed by atoms with van der Waals surface area (Å²) in [4.78, 5) is 14.6. The molecular formula is C18H24N2O3. The van der Waals surface area contributed by atoms with Gasteiger partial charge in [0.25, 0.3) is 0 Å². The maximum atomic E-state index is 12.7. The zero-order chi connectivity index (χ0) is 15.9. The summed E-state index contributed by atoms with van der Waals surface area (Å²) in [7, 11) is 1.65. The molecule has 0 saturated heterocycles. The number of fused-ring (bicyclic) bond motifs is 1. The number of hydrogen-bond donors (Lipinski definition) is 1. The molecule has 2 amide bonds. The van der Waals surface area contributed by atoms with E-state index in [1.165, 1.54) is 25.7 Å². The SMILES string of the molecule is COc1ccc2c(c1)OCCN(C(=O)NC1CCCC13CC3)C2. The molecule has 1 atom stereocenters. The van der Waals surface area contributed by atoms with Gasteiger partial charge >= 0.3 is 6.03 Å². The quantitative estimate of drug-likeness (QED) is 0.912. The van der Waals surface area contributed by atoms with Crippen LogP contribution in [0.25, 0.3) is 0 Å². The third-order valence-corrected chi connectivity index (χ3v) is 5.64. The smallest absolute Gasteiger partial charge is 0.318 e. The van der Waals surface area contributed by atoms with Crippen LogP contribution in [0.5, 0.6) is 11.5 Å². The molecule has 2 fully saturated rings. The van der Waals surface area contributed by atoms with Crippen LogP contribution in [-0.4, -0.2) is 37.2 Å². The number of methoxy groups -OCH3 is 1. The van der Waals surface area contributed by atoms with E-state index in [0.717, 1.165) is 23.5 Å². The Morgan fingerprint density at radius 2 is 2.26 bits per heavy atom. The molecule has 2 aliphatic carbocycles. The summed E-state index contributed by atoms with van der Waals surface area (Å²) in [6.45, 7) is 1.72. The molecular weight excluding hydrogens is 292 g/mol. The summed E-state index contributed by atoms with van der Waals surface area (Å²) in [5.74, 6) is 1.60. The minimum atomic E-state index is 0.0513. The molecule has 5 heteroatoms. The molecule has 1 N–H and O–H groups in total. The molecule has 0 bridgehead atoms. The molecule has 0 radical (unpaired) electrons.